The van der Waals surface area contributed by atoms with E-state index in [-0.39, 0.29) is 12.1 Å². The number of hydrogen-bond donors (Lipinski definition) is 1. The molecule has 0 aromatic heterocycles. The first-order valence-electron chi connectivity index (χ1n) is 8.31. The number of nitrogens with one attached hydrogen (secondary N) is 1. The standard InChI is InChI=1S/C20H19ClF3NO4/c1-27-13-9-17(28-2)14(18(10-13)29-3)11-25-19(26)7-5-12-4-6-16(21)15(8-12)20(22,23)24/h4-10H,11H2,1-3H3,(H,25,26)/b7-5+. The normalized spacial score (nSPS) is 11.4. The van der Waals surface area contributed by atoms with Crippen molar-refractivity contribution in [2.45, 2.75) is 12.7 Å². The lowest BCUT2D eigenvalue weighted by atomic mass is 10.1. The van der Waals surface area contributed by atoms with Crippen LogP contribution >= 0.6 is 11.6 Å². The van der Waals surface area contributed by atoms with Gasteiger partial charge in [0.15, 0.2) is 0 Å². The van der Waals surface area contributed by atoms with Crippen LogP contribution < -0.4 is 19.5 Å². The fraction of sp³-hybridized carbons (Fsp3) is 0.250. The summed E-state index contributed by atoms with van der Waals surface area (Å²) < 4.78 is 54.5. The molecule has 29 heavy (non-hydrogen) atoms. The second-order valence-corrected chi connectivity index (χ2v) is 6.21. The van der Waals surface area contributed by atoms with Gasteiger partial charge in [0.2, 0.25) is 5.91 Å². The minimum absolute atomic E-state index is 0.0773. The highest BCUT2D eigenvalue weighted by Crippen LogP contribution is 2.35. The number of alkyl halides is 3. The number of ether oxygens (including phenoxy) is 3. The Labute approximate surface area is 171 Å². The summed E-state index contributed by atoms with van der Waals surface area (Å²) in [5.74, 6) is 0.932. The van der Waals surface area contributed by atoms with Crippen LogP contribution in [0.5, 0.6) is 17.2 Å². The molecule has 2 aromatic carbocycles. The van der Waals surface area contributed by atoms with Crippen LogP contribution in [0.4, 0.5) is 13.2 Å². The van der Waals surface area contributed by atoms with Crippen LogP contribution in [-0.2, 0) is 17.5 Å². The molecule has 9 heteroatoms. The molecule has 0 aliphatic rings. The Morgan fingerprint density at radius 1 is 1.07 bits per heavy atom. The van der Waals surface area contributed by atoms with E-state index in [0.717, 1.165) is 18.2 Å². The van der Waals surface area contributed by atoms with Crippen LogP contribution in [0.3, 0.4) is 0 Å². The van der Waals surface area contributed by atoms with Gasteiger partial charge in [-0.25, -0.2) is 0 Å². The minimum atomic E-state index is -4.58. The highest BCUT2D eigenvalue weighted by molar-refractivity contribution is 6.31. The first kappa shape index (κ1) is 22.4. The molecule has 0 aliphatic carbocycles. The number of carbonyl (C=O) groups is 1. The molecule has 0 heterocycles. The van der Waals surface area contributed by atoms with Crippen molar-refractivity contribution in [1.29, 1.82) is 0 Å². The van der Waals surface area contributed by atoms with E-state index >= 15 is 0 Å². The Bertz CT molecular complexity index is 888. The molecular weight excluding hydrogens is 411 g/mol. The maximum atomic E-state index is 12.9. The summed E-state index contributed by atoms with van der Waals surface area (Å²) >= 11 is 5.58. The van der Waals surface area contributed by atoms with E-state index in [1.54, 1.807) is 12.1 Å². The van der Waals surface area contributed by atoms with Crippen LogP contribution in [0.1, 0.15) is 16.7 Å². The Hall–Kier alpha value is -2.87. The molecule has 5 nitrogen and oxygen atoms in total. The Morgan fingerprint density at radius 2 is 1.69 bits per heavy atom. The molecule has 0 saturated carbocycles. The highest BCUT2D eigenvalue weighted by atomic mass is 35.5. The summed E-state index contributed by atoms with van der Waals surface area (Å²) in [5, 5.41) is 2.23. The number of hydrogen-bond acceptors (Lipinski definition) is 4. The summed E-state index contributed by atoms with van der Waals surface area (Å²) in [6.07, 6.45) is -2.18. The fourth-order valence-electron chi connectivity index (χ4n) is 2.52. The van der Waals surface area contributed by atoms with Gasteiger partial charge in [-0.1, -0.05) is 17.7 Å². The number of benzene rings is 2. The Balaban J connectivity index is 2.13. The molecule has 0 fully saturated rings. The number of carbonyl (C=O) groups excluding carboxylic acids is 1. The van der Waals surface area contributed by atoms with E-state index in [1.807, 2.05) is 0 Å². The molecular formula is C20H19ClF3NO4. The predicted octanol–water partition coefficient (Wildman–Crippen LogP) is 4.71. The molecule has 2 rings (SSSR count). The molecule has 0 saturated heterocycles. The maximum absolute atomic E-state index is 12.9. The van der Waals surface area contributed by atoms with E-state index in [1.165, 1.54) is 33.5 Å². The van der Waals surface area contributed by atoms with Crippen LogP contribution in [0, 0.1) is 0 Å². The van der Waals surface area contributed by atoms with Gasteiger partial charge >= 0.3 is 6.18 Å². The van der Waals surface area contributed by atoms with Gasteiger partial charge in [0.1, 0.15) is 17.2 Å². The van der Waals surface area contributed by atoms with Gasteiger partial charge in [0.05, 0.1) is 44.0 Å². The molecule has 1 N–H and O–H groups in total. The molecule has 0 radical (unpaired) electrons. The van der Waals surface area contributed by atoms with Gasteiger partial charge in [0, 0.05) is 18.2 Å². The Kier molecular flexibility index (Phi) is 7.39. The van der Waals surface area contributed by atoms with Gasteiger partial charge in [0.25, 0.3) is 0 Å². The SMILES string of the molecule is COc1cc(OC)c(CNC(=O)/C=C/c2ccc(Cl)c(C(F)(F)F)c2)c(OC)c1. The third-order valence-electron chi connectivity index (χ3n) is 3.98. The second-order valence-electron chi connectivity index (χ2n) is 5.80. The van der Waals surface area contributed by atoms with E-state index in [0.29, 0.717) is 22.8 Å². The lowest BCUT2D eigenvalue weighted by molar-refractivity contribution is -0.137. The van der Waals surface area contributed by atoms with E-state index in [9.17, 15) is 18.0 Å². The van der Waals surface area contributed by atoms with Crippen molar-refractivity contribution in [1.82, 2.24) is 5.32 Å². The van der Waals surface area contributed by atoms with Gasteiger partial charge in [-0.15, -0.1) is 0 Å². The quantitative estimate of drug-likeness (QED) is 0.647. The average Bonchev–Trinajstić information content (AvgIpc) is 2.69. The van der Waals surface area contributed by atoms with Gasteiger partial charge in [-0.3, -0.25) is 4.79 Å². The van der Waals surface area contributed by atoms with Gasteiger partial charge < -0.3 is 19.5 Å². The minimum Gasteiger partial charge on any atom is -0.496 e. The number of halogens is 4. The molecule has 0 bridgehead atoms. The van der Waals surface area contributed by atoms with E-state index in [2.05, 4.69) is 5.32 Å². The first-order valence-corrected chi connectivity index (χ1v) is 8.69. The molecule has 2 aromatic rings. The van der Waals surface area contributed by atoms with Crippen LogP contribution in [-0.4, -0.2) is 27.2 Å². The maximum Gasteiger partial charge on any atom is 0.417 e. The van der Waals surface area contributed by atoms with E-state index < -0.39 is 22.7 Å². The molecule has 0 aliphatic heterocycles. The smallest absolute Gasteiger partial charge is 0.417 e. The van der Waals surface area contributed by atoms with Crippen molar-refractivity contribution in [2.24, 2.45) is 0 Å². The molecule has 156 valence electrons. The number of rotatable bonds is 7. The molecule has 0 unspecified atom stereocenters. The third-order valence-corrected chi connectivity index (χ3v) is 4.31. The van der Waals surface area contributed by atoms with Crippen LogP contribution in [0.15, 0.2) is 36.4 Å². The number of methoxy groups -OCH3 is 3. The summed E-state index contributed by atoms with van der Waals surface area (Å²) in [7, 11) is 4.44. The zero-order valence-corrected chi connectivity index (χ0v) is 16.6. The zero-order valence-electron chi connectivity index (χ0n) is 15.9. The van der Waals surface area contributed by atoms with Crippen molar-refractivity contribution in [3.05, 3.63) is 58.1 Å². The lowest BCUT2D eigenvalue weighted by Crippen LogP contribution is -2.21. The molecule has 0 spiro atoms. The van der Waals surface area contributed by atoms with Gasteiger partial charge in [-0.05, 0) is 23.8 Å². The van der Waals surface area contributed by atoms with Gasteiger partial charge in [-0.2, -0.15) is 13.2 Å². The number of amides is 1. The monoisotopic (exact) mass is 429 g/mol. The van der Waals surface area contributed by atoms with Crippen LogP contribution in [0.2, 0.25) is 5.02 Å². The van der Waals surface area contributed by atoms with Crippen LogP contribution in [0.25, 0.3) is 6.08 Å². The largest absolute Gasteiger partial charge is 0.496 e. The summed E-state index contributed by atoms with van der Waals surface area (Å²) in [6.45, 7) is 0.0773. The molecule has 1 amide bonds. The van der Waals surface area contributed by atoms with Crippen molar-refractivity contribution < 1.29 is 32.2 Å². The van der Waals surface area contributed by atoms with Crippen molar-refractivity contribution in [3.63, 3.8) is 0 Å². The topological polar surface area (TPSA) is 56.8 Å². The molecule has 0 atom stereocenters. The Morgan fingerprint density at radius 3 is 2.21 bits per heavy atom. The van der Waals surface area contributed by atoms with E-state index in [4.69, 9.17) is 25.8 Å². The van der Waals surface area contributed by atoms with Crippen molar-refractivity contribution >= 4 is 23.6 Å². The van der Waals surface area contributed by atoms with Crippen molar-refractivity contribution in [3.8, 4) is 17.2 Å². The lowest BCUT2D eigenvalue weighted by Gasteiger charge is -2.15. The van der Waals surface area contributed by atoms with Crippen molar-refractivity contribution in [2.75, 3.05) is 21.3 Å². The summed E-state index contributed by atoms with van der Waals surface area (Å²) in [6, 6.07) is 6.69. The first-order chi connectivity index (χ1) is 13.7. The fourth-order valence-corrected chi connectivity index (χ4v) is 2.75. The third kappa shape index (κ3) is 5.80. The summed E-state index contributed by atoms with van der Waals surface area (Å²) in [5.41, 5.74) is -0.186. The zero-order chi connectivity index (χ0) is 21.6. The highest BCUT2D eigenvalue weighted by Gasteiger charge is 2.33. The predicted molar refractivity (Wildman–Crippen MR) is 103 cm³/mol. The second kappa shape index (κ2) is 9.56. The summed E-state index contributed by atoms with van der Waals surface area (Å²) in [4.78, 5) is 12.1. The average molecular weight is 430 g/mol.